The molecule has 0 spiro atoms. The van der Waals surface area contributed by atoms with Gasteiger partial charge in [0.2, 0.25) is 5.91 Å². The van der Waals surface area contributed by atoms with Crippen LogP contribution in [0.25, 0.3) is 11.1 Å². The Hall–Kier alpha value is -4.34. The van der Waals surface area contributed by atoms with Crippen LogP contribution in [0.2, 0.25) is 0 Å². The van der Waals surface area contributed by atoms with Crippen molar-refractivity contribution >= 4 is 11.9 Å². The highest BCUT2D eigenvalue weighted by Crippen LogP contribution is 2.39. The predicted octanol–water partition coefficient (Wildman–Crippen LogP) is 6.96. The quantitative estimate of drug-likeness (QED) is 0.137. The maximum Gasteiger partial charge on any atom is 0.303 e. The lowest BCUT2D eigenvalue weighted by molar-refractivity contribution is -0.253. The van der Waals surface area contributed by atoms with Gasteiger partial charge in [-0.1, -0.05) is 97.1 Å². The van der Waals surface area contributed by atoms with Gasteiger partial charge in [-0.2, -0.15) is 0 Å². The number of carboxylic acid groups (broad SMARTS) is 1. The van der Waals surface area contributed by atoms with E-state index < -0.39 is 12.3 Å². The molecule has 4 aromatic rings. The predicted molar refractivity (Wildman–Crippen MR) is 181 cm³/mol. The van der Waals surface area contributed by atoms with Crippen LogP contribution in [0, 0.1) is 0 Å². The Morgan fingerprint density at radius 3 is 2.28 bits per heavy atom. The fourth-order valence-electron chi connectivity index (χ4n) is 5.88. The van der Waals surface area contributed by atoms with Gasteiger partial charge < -0.3 is 25.0 Å². The van der Waals surface area contributed by atoms with Gasteiger partial charge >= 0.3 is 5.97 Å². The van der Waals surface area contributed by atoms with Crippen LogP contribution >= 0.6 is 0 Å². The minimum atomic E-state index is -0.896. The molecule has 1 aliphatic rings. The lowest BCUT2D eigenvalue weighted by atomic mass is 9.98. The summed E-state index contributed by atoms with van der Waals surface area (Å²) in [5.41, 5.74) is 7.12. The Balaban J connectivity index is 1.28. The molecule has 1 saturated heterocycles. The summed E-state index contributed by atoms with van der Waals surface area (Å²) < 4.78 is 13.2. The number of nitrogens with one attached hydrogen (secondary N) is 1. The van der Waals surface area contributed by atoms with Crippen molar-refractivity contribution in [2.45, 2.75) is 70.3 Å². The average Bonchev–Trinajstić information content (AvgIpc) is 3.10. The molecular formula is C39H44N2O6. The van der Waals surface area contributed by atoms with E-state index in [-0.39, 0.29) is 43.6 Å². The second-order valence-corrected chi connectivity index (χ2v) is 12.2. The van der Waals surface area contributed by atoms with Crippen LogP contribution in [0.3, 0.4) is 0 Å². The van der Waals surface area contributed by atoms with E-state index in [1.54, 1.807) is 0 Å². The fourth-order valence-corrected chi connectivity index (χ4v) is 5.88. The van der Waals surface area contributed by atoms with Gasteiger partial charge in [0.25, 0.3) is 0 Å². The summed E-state index contributed by atoms with van der Waals surface area (Å²) in [6, 6.07) is 34.8. The molecule has 4 atom stereocenters. The van der Waals surface area contributed by atoms with Crippen LogP contribution in [0.5, 0.6) is 0 Å². The monoisotopic (exact) mass is 636 g/mol. The van der Waals surface area contributed by atoms with Crippen molar-refractivity contribution in [3.63, 3.8) is 0 Å². The van der Waals surface area contributed by atoms with Crippen molar-refractivity contribution in [3.05, 3.63) is 131 Å². The van der Waals surface area contributed by atoms with E-state index in [4.69, 9.17) is 14.6 Å². The minimum Gasteiger partial charge on any atom is -0.481 e. The van der Waals surface area contributed by atoms with Crippen molar-refractivity contribution in [1.29, 1.82) is 0 Å². The third-order valence-electron chi connectivity index (χ3n) is 8.78. The number of benzene rings is 4. The van der Waals surface area contributed by atoms with Crippen LogP contribution in [0.15, 0.2) is 103 Å². The normalized spacial score (nSPS) is 18.5. The number of aliphatic hydroxyl groups is 1. The molecule has 0 saturated carbocycles. The molecule has 4 unspecified atom stereocenters. The number of rotatable bonds is 14. The van der Waals surface area contributed by atoms with Gasteiger partial charge in [0, 0.05) is 44.0 Å². The highest BCUT2D eigenvalue weighted by atomic mass is 16.7. The highest BCUT2D eigenvalue weighted by Gasteiger charge is 2.33. The van der Waals surface area contributed by atoms with Gasteiger partial charge in [0.05, 0.1) is 18.8 Å². The number of carbonyl (C=O) groups excluding carboxylic acids is 1. The summed E-state index contributed by atoms with van der Waals surface area (Å²) in [6.07, 6.45) is 0.431. The van der Waals surface area contributed by atoms with Gasteiger partial charge in [0.15, 0.2) is 6.29 Å². The van der Waals surface area contributed by atoms with Gasteiger partial charge in [-0.15, -0.1) is 0 Å². The molecule has 1 aliphatic heterocycles. The van der Waals surface area contributed by atoms with Crippen LogP contribution < -0.4 is 5.32 Å². The Morgan fingerprint density at radius 1 is 0.851 bits per heavy atom. The van der Waals surface area contributed by atoms with E-state index in [1.165, 1.54) is 5.56 Å². The number of hydrogen-bond donors (Lipinski definition) is 3. The van der Waals surface area contributed by atoms with Crippen LogP contribution in [0.4, 0.5) is 0 Å². The van der Waals surface area contributed by atoms with Gasteiger partial charge in [-0.25, -0.2) is 0 Å². The Kier molecular flexibility index (Phi) is 11.9. The molecule has 1 fully saturated rings. The number of hydrogen-bond acceptors (Lipinski definition) is 6. The molecule has 0 radical (unpaired) electrons. The number of amides is 1. The van der Waals surface area contributed by atoms with Crippen LogP contribution in [0.1, 0.15) is 78.9 Å². The maximum absolute atomic E-state index is 12.1. The lowest BCUT2D eigenvalue weighted by Gasteiger charge is -2.39. The number of aliphatic hydroxyl groups excluding tert-OH is 1. The van der Waals surface area contributed by atoms with Crippen LogP contribution in [-0.4, -0.2) is 46.7 Å². The average molecular weight is 637 g/mol. The largest absolute Gasteiger partial charge is 0.481 e. The van der Waals surface area contributed by atoms with E-state index in [9.17, 15) is 14.7 Å². The fraction of sp³-hybridized carbons (Fsp3) is 0.333. The lowest BCUT2D eigenvalue weighted by Crippen LogP contribution is -2.38. The van der Waals surface area contributed by atoms with E-state index in [0.29, 0.717) is 19.4 Å². The summed E-state index contributed by atoms with van der Waals surface area (Å²) in [5.74, 6) is -1.05. The topological polar surface area (TPSA) is 108 Å². The molecule has 1 amide bonds. The summed E-state index contributed by atoms with van der Waals surface area (Å²) in [4.78, 5) is 25.1. The molecular weight excluding hydrogens is 592 g/mol. The van der Waals surface area contributed by atoms with Gasteiger partial charge in [0.1, 0.15) is 0 Å². The SMILES string of the molecule is CC(c1ccccc1)N(C)CC1CC(c2ccc(CO)cc2)OC(c2ccc(-c3cccc(CNC(=O)CCCC(=O)O)c3)cc2)O1. The molecule has 0 aliphatic carbocycles. The van der Waals surface area contributed by atoms with Crippen molar-refractivity contribution in [1.82, 2.24) is 10.2 Å². The molecule has 1 heterocycles. The number of carbonyl (C=O) groups is 2. The van der Waals surface area contributed by atoms with Gasteiger partial charge in [-0.05, 0) is 59.8 Å². The van der Waals surface area contributed by atoms with Crippen molar-refractivity contribution in [2.24, 2.45) is 0 Å². The first-order valence-corrected chi connectivity index (χ1v) is 16.2. The molecule has 4 aromatic carbocycles. The van der Waals surface area contributed by atoms with Crippen molar-refractivity contribution in [2.75, 3.05) is 13.6 Å². The Bertz CT molecular complexity index is 1590. The second-order valence-electron chi connectivity index (χ2n) is 12.2. The smallest absolute Gasteiger partial charge is 0.303 e. The molecule has 0 aromatic heterocycles. The van der Waals surface area contributed by atoms with E-state index in [2.05, 4.69) is 60.6 Å². The van der Waals surface area contributed by atoms with Crippen LogP contribution in [-0.2, 0) is 32.2 Å². The Labute approximate surface area is 277 Å². The molecule has 8 nitrogen and oxygen atoms in total. The molecule has 3 N–H and O–H groups in total. The molecule has 5 rings (SSSR count). The van der Waals surface area contributed by atoms with E-state index in [0.717, 1.165) is 39.9 Å². The molecule has 0 bridgehead atoms. The first kappa shape index (κ1) is 34.0. The standard InChI is InChI=1S/C39H44N2O6/c1-27(30-9-4-3-5-10-30)41(2)25-35-23-36(32-16-14-28(26-42)15-17-32)47-39(46-35)33-20-18-31(19-21-33)34-11-6-8-29(22-34)24-40-37(43)12-7-13-38(44)45/h3-6,8-11,14-22,27,35-36,39,42H,7,12-13,23-26H2,1-2H3,(H,40,43)(H,44,45). The zero-order valence-corrected chi connectivity index (χ0v) is 27.0. The number of aliphatic carboxylic acids is 1. The zero-order chi connectivity index (χ0) is 33.2. The summed E-state index contributed by atoms with van der Waals surface area (Å²) >= 11 is 0. The number of carboxylic acids is 1. The third kappa shape index (κ3) is 9.59. The second kappa shape index (κ2) is 16.5. The van der Waals surface area contributed by atoms with E-state index in [1.807, 2.05) is 66.7 Å². The number of ether oxygens (including phenoxy) is 2. The van der Waals surface area contributed by atoms with Gasteiger partial charge in [-0.3, -0.25) is 14.5 Å². The minimum absolute atomic E-state index is 0.000818. The number of nitrogens with zero attached hydrogens (tertiary/aromatic N) is 1. The van der Waals surface area contributed by atoms with E-state index >= 15 is 0 Å². The summed E-state index contributed by atoms with van der Waals surface area (Å²) in [6.45, 7) is 3.32. The summed E-state index contributed by atoms with van der Waals surface area (Å²) in [7, 11) is 2.13. The first-order chi connectivity index (χ1) is 22.8. The first-order valence-electron chi connectivity index (χ1n) is 16.2. The molecule has 47 heavy (non-hydrogen) atoms. The third-order valence-corrected chi connectivity index (χ3v) is 8.78. The Morgan fingerprint density at radius 2 is 1.57 bits per heavy atom. The van der Waals surface area contributed by atoms with Crippen molar-refractivity contribution < 1.29 is 29.3 Å². The zero-order valence-electron chi connectivity index (χ0n) is 27.0. The van der Waals surface area contributed by atoms with Crippen molar-refractivity contribution in [3.8, 4) is 11.1 Å². The molecule has 246 valence electrons. The summed E-state index contributed by atoms with van der Waals surface area (Å²) in [5, 5.41) is 21.2. The molecule has 8 heteroatoms. The highest BCUT2D eigenvalue weighted by molar-refractivity contribution is 5.76. The number of likely N-dealkylation sites (N-methyl/N-ethyl adjacent to an activating group) is 1. The maximum atomic E-state index is 12.1.